The smallest absolute Gasteiger partial charge is 0.166 e. The van der Waals surface area contributed by atoms with Crippen LogP contribution in [0.25, 0.3) is 0 Å². The van der Waals surface area contributed by atoms with Gasteiger partial charge in [0.1, 0.15) is 0 Å². The Kier molecular flexibility index (Phi) is 3.85. The van der Waals surface area contributed by atoms with Crippen molar-refractivity contribution in [1.82, 2.24) is 10.6 Å². The lowest BCUT2D eigenvalue weighted by atomic mass is 9.54. The van der Waals surface area contributed by atoms with Gasteiger partial charge in [0.15, 0.2) is 5.11 Å². The molecule has 22 heavy (non-hydrogen) atoms. The molecule has 1 aromatic carbocycles. The number of hydrogen-bond donors (Lipinski definition) is 2. The molecule has 0 spiro atoms. The molecule has 0 amide bonds. The first-order valence-electron chi connectivity index (χ1n) is 8.77. The van der Waals surface area contributed by atoms with Gasteiger partial charge in [0.05, 0.1) is 0 Å². The summed E-state index contributed by atoms with van der Waals surface area (Å²) in [5.41, 5.74) is 2.60. The van der Waals surface area contributed by atoms with Crippen molar-refractivity contribution >= 4 is 17.3 Å². The maximum atomic E-state index is 5.56. The van der Waals surface area contributed by atoms with Crippen molar-refractivity contribution < 1.29 is 0 Å². The number of hydrogen-bond acceptors (Lipinski definition) is 1. The van der Waals surface area contributed by atoms with Crippen molar-refractivity contribution in [3.63, 3.8) is 0 Å². The Balaban J connectivity index is 1.31. The molecule has 1 aromatic rings. The molecule has 0 radical (unpaired) electrons. The molecule has 4 saturated carbocycles. The van der Waals surface area contributed by atoms with Crippen LogP contribution < -0.4 is 10.6 Å². The topological polar surface area (TPSA) is 24.1 Å². The Morgan fingerprint density at radius 3 is 2.18 bits per heavy atom. The van der Waals surface area contributed by atoms with Gasteiger partial charge in [0.25, 0.3) is 0 Å². The van der Waals surface area contributed by atoms with Crippen LogP contribution in [0.3, 0.4) is 0 Å². The second-order valence-electron chi connectivity index (χ2n) is 7.77. The van der Waals surface area contributed by atoms with E-state index in [1.165, 1.54) is 43.2 Å². The summed E-state index contributed by atoms with van der Waals surface area (Å²) < 4.78 is 0. The molecule has 2 nitrogen and oxygen atoms in total. The van der Waals surface area contributed by atoms with Crippen LogP contribution in [0.2, 0.25) is 0 Å². The summed E-state index contributed by atoms with van der Waals surface area (Å²) in [5.74, 6) is 3.79. The predicted octanol–water partition coefficient (Wildman–Crippen LogP) is 3.78. The van der Waals surface area contributed by atoms with Gasteiger partial charge in [-0.15, -0.1) is 0 Å². The van der Waals surface area contributed by atoms with Gasteiger partial charge in [-0.2, -0.15) is 0 Å². The van der Waals surface area contributed by atoms with E-state index in [-0.39, 0.29) is 0 Å². The van der Waals surface area contributed by atoms with Gasteiger partial charge in [-0.1, -0.05) is 29.8 Å². The average molecular weight is 314 g/mol. The van der Waals surface area contributed by atoms with E-state index in [0.717, 1.165) is 35.3 Å². The first-order valence-corrected chi connectivity index (χ1v) is 9.18. The Morgan fingerprint density at radius 2 is 1.59 bits per heavy atom. The fourth-order valence-corrected chi connectivity index (χ4v) is 5.46. The molecule has 118 valence electrons. The number of nitrogens with one attached hydrogen (secondary N) is 2. The Labute approximate surface area is 139 Å². The number of aryl methyl sites for hydroxylation is 1. The summed E-state index contributed by atoms with van der Waals surface area (Å²) in [6, 6.07) is 9.30. The molecule has 2 N–H and O–H groups in total. The summed E-state index contributed by atoms with van der Waals surface area (Å²) in [5, 5.41) is 7.91. The minimum Gasteiger partial charge on any atom is -0.359 e. The zero-order chi connectivity index (χ0) is 15.1. The highest BCUT2D eigenvalue weighted by molar-refractivity contribution is 7.80. The lowest BCUT2D eigenvalue weighted by Crippen LogP contribution is -2.57. The molecule has 0 atom stereocenters. The van der Waals surface area contributed by atoms with E-state index in [2.05, 4.69) is 41.8 Å². The number of rotatable bonds is 3. The van der Waals surface area contributed by atoms with Crippen LogP contribution in [-0.4, -0.2) is 11.2 Å². The summed E-state index contributed by atoms with van der Waals surface area (Å²) in [4.78, 5) is 0. The van der Waals surface area contributed by atoms with E-state index < -0.39 is 0 Å². The molecular weight excluding hydrogens is 288 g/mol. The van der Waals surface area contributed by atoms with Crippen LogP contribution >= 0.6 is 12.2 Å². The second kappa shape index (κ2) is 5.84. The molecule has 0 aromatic heterocycles. The number of benzene rings is 1. The Hall–Kier alpha value is -1.09. The molecule has 0 saturated heterocycles. The Bertz CT molecular complexity index is 523. The Morgan fingerprint density at radius 1 is 1.00 bits per heavy atom. The average Bonchev–Trinajstić information content (AvgIpc) is 2.50. The molecule has 4 aliphatic rings. The summed E-state index contributed by atoms with van der Waals surface area (Å²) in [7, 11) is 0. The van der Waals surface area contributed by atoms with E-state index in [4.69, 9.17) is 12.2 Å². The van der Waals surface area contributed by atoms with E-state index in [0.29, 0.717) is 6.04 Å². The molecular formula is C19H26N2S. The third-order valence-corrected chi connectivity index (χ3v) is 6.36. The van der Waals surface area contributed by atoms with E-state index in [1.807, 2.05) is 0 Å². The monoisotopic (exact) mass is 314 g/mol. The highest BCUT2D eigenvalue weighted by Crippen LogP contribution is 2.53. The highest BCUT2D eigenvalue weighted by atomic mass is 32.1. The summed E-state index contributed by atoms with van der Waals surface area (Å²) in [6.07, 6.45) is 7.25. The molecule has 5 rings (SSSR count). The zero-order valence-corrected chi connectivity index (χ0v) is 14.2. The molecule has 3 heteroatoms. The third kappa shape index (κ3) is 2.88. The normalized spacial score (nSPS) is 35.4. The largest absolute Gasteiger partial charge is 0.359 e. The molecule has 4 aliphatic carbocycles. The first kappa shape index (κ1) is 14.5. The van der Waals surface area contributed by atoms with Gasteiger partial charge >= 0.3 is 0 Å². The van der Waals surface area contributed by atoms with Crippen LogP contribution in [-0.2, 0) is 6.54 Å². The third-order valence-electron chi connectivity index (χ3n) is 6.10. The van der Waals surface area contributed by atoms with Gasteiger partial charge in [-0.3, -0.25) is 0 Å². The van der Waals surface area contributed by atoms with Crippen molar-refractivity contribution in [2.75, 3.05) is 0 Å². The SMILES string of the molecule is Cc1ccc(CNC(=S)NC2C3CC4CC(C3)CC2C4)cc1. The first-order chi connectivity index (χ1) is 10.7. The lowest BCUT2D eigenvalue weighted by molar-refractivity contribution is -0.00694. The summed E-state index contributed by atoms with van der Waals surface area (Å²) in [6.45, 7) is 2.94. The maximum Gasteiger partial charge on any atom is 0.166 e. The van der Waals surface area contributed by atoms with E-state index >= 15 is 0 Å². The van der Waals surface area contributed by atoms with Crippen LogP contribution in [0.15, 0.2) is 24.3 Å². The standard InChI is InChI=1S/C19H26N2S/c1-12-2-4-13(5-3-12)11-20-19(22)21-18-16-7-14-6-15(9-16)10-17(18)8-14/h2-5,14-18H,6-11H2,1H3,(H2,20,21,22). The zero-order valence-electron chi connectivity index (χ0n) is 13.3. The quantitative estimate of drug-likeness (QED) is 0.830. The fraction of sp³-hybridized carbons (Fsp3) is 0.632. The minimum atomic E-state index is 0.630. The van der Waals surface area contributed by atoms with Crippen molar-refractivity contribution in [3.05, 3.63) is 35.4 Å². The minimum absolute atomic E-state index is 0.630. The van der Waals surface area contributed by atoms with Gasteiger partial charge in [-0.25, -0.2) is 0 Å². The molecule has 0 heterocycles. The summed E-state index contributed by atoms with van der Waals surface area (Å²) >= 11 is 5.56. The van der Waals surface area contributed by atoms with Crippen LogP contribution in [0.4, 0.5) is 0 Å². The maximum absolute atomic E-state index is 5.56. The molecule has 4 fully saturated rings. The van der Waals surface area contributed by atoms with Gasteiger partial charge < -0.3 is 10.6 Å². The number of thiocarbonyl (C=S) groups is 1. The van der Waals surface area contributed by atoms with Crippen molar-refractivity contribution in [1.29, 1.82) is 0 Å². The van der Waals surface area contributed by atoms with Crippen molar-refractivity contribution in [2.45, 2.75) is 51.6 Å². The van der Waals surface area contributed by atoms with Gasteiger partial charge in [0, 0.05) is 12.6 Å². The highest BCUT2D eigenvalue weighted by Gasteiger charge is 2.48. The lowest BCUT2D eigenvalue weighted by Gasteiger charge is -2.54. The van der Waals surface area contributed by atoms with Gasteiger partial charge in [0.2, 0.25) is 0 Å². The van der Waals surface area contributed by atoms with E-state index in [1.54, 1.807) is 0 Å². The van der Waals surface area contributed by atoms with Gasteiger partial charge in [-0.05, 0) is 80.5 Å². The second-order valence-corrected chi connectivity index (χ2v) is 8.18. The molecule has 0 aliphatic heterocycles. The van der Waals surface area contributed by atoms with Crippen molar-refractivity contribution in [2.24, 2.45) is 23.7 Å². The fourth-order valence-electron chi connectivity index (χ4n) is 5.25. The van der Waals surface area contributed by atoms with Crippen LogP contribution in [0, 0.1) is 30.6 Å². The molecule has 4 bridgehead atoms. The van der Waals surface area contributed by atoms with E-state index in [9.17, 15) is 0 Å². The molecule has 0 unspecified atom stereocenters. The van der Waals surface area contributed by atoms with Crippen LogP contribution in [0.1, 0.15) is 43.2 Å². The van der Waals surface area contributed by atoms with Crippen molar-refractivity contribution in [3.8, 4) is 0 Å². The van der Waals surface area contributed by atoms with Crippen LogP contribution in [0.5, 0.6) is 0 Å². The predicted molar refractivity (Wildman–Crippen MR) is 94.6 cm³/mol.